The third-order valence-electron chi connectivity index (χ3n) is 2.85. The van der Waals surface area contributed by atoms with Crippen LogP contribution in [-0.4, -0.2) is 29.5 Å². The maximum atomic E-state index is 5.59. The summed E-state index contributed by atoms with van der Waals surface area (Å²) in [5.74, 6) is 0.814. The average Bonchev–Trinajstić information content (AvgIpc) is 2.84. The van der Waals surface area contributed by atoms with E-state index in [2.05, 4.69) is 10.4 Å². The standard InChI is InChI=1S/C11H19N3O/c1-14-6-3-11(13-14)9-15-7-4-10-2-5-12-8-10/h3,6,10,12H,2,4-5,7-9H2,1H3. The van der Waals surface area contributed by atoms with Gasteiger partial charge in [-0.15, -0.1) is 0 Å². The fourth-order valence-electron chi connectivity index (χ4n) is 1.93. The van der Waals surface area contributed by atoms with Crippen molar-refractivity contribution in [2.75, 3.05) is 19.7 Å². The first-order valence-corrected chi connectivity index (χ1v) is 5.61. The van der Waals surface area contributed by atoms with Crippen molar-refractivity contribution in [1.82, 2.24) is 15.1 Å². The molecule has 2 heterocycles. The molecule has 1 atom stereocenters. The Balaban J connectivity index is 1.58. The Labute approximate surface area is 90.6 Å². The highest BCUT2D eigenvalue weighted by molar-refractivity contribution is 4.96. The maximum absolute atomic E-state index is 5.59. The zero-order chi connectivity index (χ0) is 10.5. The number of nitrogens with one attached hydrogen (secondary N) is 1. The van der Waals surface area contributed by atoms with Gasteiger partial charge in [0.1, 0.15) is 0 Å². The Hall–Kier alpha value is -0.870. The third kappa shape index (κ3) is 3.32. The first-order valence-electron chi connectivity index (χ1n) is 5.61. The van der Waals surface area contributed by atoms with Crippen molar-refractivity contribution in [3.05, 3.63) is 18.0 Å². The molecule has 4 heteroatoms. The summed E-state index contributed by atoms with van der Waals surface area (Å²) in [6.45, 7) is 3.82. The van der Waals surface area contributed by atoms with Gasteiger partial charge in [0.25, 0.3) is 0 Å². The van der Waals surface area contributed by atoms with Crippen LogP contribution in [0.2, 0.25) is 0 Å². The molecule has 0 bridgehead atoms. The van der Waals surface area contributed by atoms with Crippen LogP contribution in [0, 0.1) is 5.92 Å². The molecule has 1 unspecified atom stereocenters. The molecule has 1 aliphatic heterocycles. The lowest BCUT2D eigenvalue weighted by molar-refractivity contribution is 0.106. The molecule has 84 valence electrons. The molecule has 0 radical (unpaired) electrons. The van der Waals surface area contributed by atoms with Crippen LogP contribution in [0.1, 0.15) is 18.5 Å². The van der Waals surface area contributed by atoms with Crippen LogP contribution in [0.25, 0.3) is 0 Å². The average molecular weight is 209 g/mol. The van der Waals surface area contributed by atoms with Crippen molar-refractivity contribution >= 4 is 0 Å². The Morgan fingerprint density at radius 2 is 2.60 bits per heavy atom. The second-order valence-corrected chi connectivity index (χ2v) is 4.18. The number of hydrogen-bond donors (Lipinski definition) is 1. The van der Waals surface area contributed by atoms with E-state index in [-0.39, 0.29) is 0 Å². The van der Waals surface area contributed by atoms with Gasteiger partial charge in [0.05, 0.1) is 12.3 Å². The molecule has 1 aromatic heterocycles. The number of aryl methyl sites for hydroxylation is 1. The maximum Gasteiger partial charge on any atom is 0.0906 e. The van der Waals surface area contributed by atoms with Crippen molar-refractivity contribution in [2.45, 2.75) is 19.4 Å². The van der Waals surface area contributed by atoms with Gasteiger partial charge >= 0.3 is 0 Å². The van der Waals surface area contributed by atoms with E-state index in [9.17, 15) is 0 Å². The van der Waals surface area contributed by atoms with Gasteiger partial charge < -0.3 is 10.1 Å². The van der Waals surface area contributed by atoms with Crippen LogP contribution < -0.4 is 5.32 Å². The Kier molecular flexibility index (Phi) is 3.75. The first kappa shape index (κ1) is 10.6. The topological polar surface area (TPSA) is 39.1 Å². The Morgan fingerprint density at radius 1 is 1.67 bits per heavy atom. The predicted molar refractivity (Wildman–Crippen MR) is 58.5 cm³/mol. The number of rotatable bonds is 5. The van der Waals surface area contributed by atoms with Crippen LogP contribution in [0.4, 0.5) is 0 Å². The SMILES string of the molecule is Cn1ccc(COCCC2CCNC2)n1. The second-order valence-electron chi connectivity index (χ2n) is 4.18. The highest BCUT2D eigenvalue weighted by Crippen LogP contribution is 2.12. The molecule has 0 aliphatic carbocycles. The summed E-state index contributed by atoms with van der Waals surface area (Å²) in [6.07, 6.45) is 4.41. The molecule has 0 aromatic carbocycles. The van der Waals surface area contributed by atoms with Gasteiger partial charge in [-0.25, -0.2) is 0 Å². The predicted octanol–water partition coefficient (Wildman–Crippen LogP) is 0.936. The van der Waals surface area contributed by atoms with E-state index in [1.807, 2.05) is 19.3 Å². The molecule has 1 aliphatic rings. The molecule has 0 amide bonds. The molecule has 0 saturated carbocycles. The largest absolute Gasteiger partial charge is 0.375 e. The highest BCUT2D eigenvalue weighted by Gasteiger charge is 2.13. The van der Waals surface area contributed by atoms with Gasteiger partial charge in [-0.05, 0) is 37.9 Å². The van der Waals surface area contributed by atoms with Crippen LogP contribution in [0.5, 0.6) is 0 Å². The second kappa shape index (κ2) is 5.28. The fraction of sp³-hybridized carbons (Fsp3) is 0.727. The third-order valence-corrected chi connectivity index (χ3v) is 2.85. The van der Waals surface area contributed by atoms with Gasteiger partial charge in [-0.2, -0.15) is 5.10 Å². The Morgan fingerprint density at radius 3 is 3.27 bits per heavy atom. The van der Waals surface area contributed by atoms with Crippen LogP contribution in [0.3, 0.4) is 0 Å². The molecule has 2 rings (SSSR count). The normalized spacial score (nSPS) is 21.0. The first-order chi connectivity index (χ1) is 7.34. The molecule has 1 N–H and O–H groups in total. The van der Waals surface area contributed by atoms with Gasteiger partial charge in [-0.3, -0.25) is 4.68 Å². The molecule has 1 saturated heterocycles. The summed E-state index contributed by atoms with van der Waals surface area (Å²) in [6, 6.07) is 2.00. The lowest BCUT2D eigenvalue weighted by Gasteiger charge is -2.07. The van der Waals surface area contributed by atoms with Crippen molar-refractivity contribution in [1.29, 1.82) is 0 Å². The van der Waals surface area contributed by atoms with Gasteiger partial charge in [0.15, 0.2) is 0 Å². The minimum atomic E-state index is 0.640. The van der Waals surface area contributed by atoms with E-state index in [4.69, 9.17) is 4.74 Å². The van der Waals surface area contributed by atoms with E-state index >= 15 is 0 Å². The summed E-state index contributed by atoms with van der Waals surface area (Å²) in [4.78, 5) is 0. The summed E-state index contributed by atoms with van der Waals surface area (Å²) in [5, 5.41) is 7.62. The summed E-state index contributed by atoms with van der Waals surface area (Å²) in [7, 11) is 1.92. The summed E-state index contributed by atoms with van der Waals surface area (Å²) >= 11 is 0. The number of hydrogen-bond acceptors (Lipinski definition) is 3. The van der Waals surface area contributed by atoms with E-state index < -0.39 is 0 Å². The number of aromatic nitrogens is 2. The monoisotopic (exact) mass is 209 g/mol. The van der Waals surface area contributed by atoms with Crippen LogP contribution in [-0.2, 0) is 18.4 Å². The van der Waals surface area contributed by atoms with Gasteiger partial charge in [0.2, 0.25) is 0 Å². The van der Waals surface area contributed by atoms with Crippen LogP contribution >= 0.6 is 0 Å². The molecular formula is C11H19N3O. The molecule has 0 spiro atoms. The minimum Gasteiger partial charge on any atom is -0.375 e. The minimum absolute atomic E-state index is 0.640. The molecule has 4 nitrogen and oxygen atoms in total. The zero-order valence-corrected chi connectivity index (χ0v) is 9.28. The van der Waals surface area contributed by atoms with Crippen molar-refractivity contribution in [2.24, 2.45) is 13.0 Å². The smallest absolute Gasteiger partial charge is 0.0906 e. The van der Waals surface area contributed by atoms with Gasteiger partial charge in [-0.1, -0.05) is 0 Å². The molecule has 15 heavy (non-hydrogen) atoms. The summed E-state index contributed by atoms with van der Waals surface area (Å²) < 4.78 is 7.40. The fourth-order valence-corrected chi connectivity index (χ4v) is 1.93. The van der Waals surface area contributed by atoms with E-state index in [1.165, 1.54) is 19.4 Å². The highest BCUT2D eigenvalue weighted by atomic mass is 16.5. The van der Waals surface area contributed by atoms with E-state index in [0.29, 0.717) is 6.61 Å². The van der Waals surface area contributed by atoms with Crippen molar-refractivity contribution in [3.63, 3.8) is 0 Å². The zero-order valence-electron chi connectivity index (χ0n) is 9.28. The lowest BCUT2D eigenvalue weighted by atomic mass is 10.1. The number of ether oxygens (including phenoxy) is 1. The lowest BCUT2D eigenvalue weighted by Crippen LogP contribution is -2.10. The summed E-state index contributed by atoms with van der Waals surface area (Å²) in [5.41, 5.74) is 1.02. The quantitative estimate of drug-likeness (QED) is 0.733. The van der Waals surface area contributed by atoms with Crippen molar-refractivity contribution < 1.29 is 4.74 Å². The molecule has 1 aromatic rings. The van der Waals surface area contributed by atoms with Crippen molar-refractivity contribution in [3.8, 4) is 0 Å². The Bertz CT molecular complexity index is 292. The molecule has 1 fully saturated rings. The molecular weight excluding hydrogens is 190 g/mol. The van der Waals surface area contributed by atoms with E-state index in [0.717, 1.165) is 24.8 Å². The van der Waals surface area contributed by atoms with Gasteiger partial charge in [0, 0.05) is 19.9 Å². The number of nitrogens with zero attached hydrogens (tertiary/aromatic N) is 2. The van der Waals surface area contributed by atoms with Crippen LogP contribution in [0.15, 0.2) is 12.3 Å². The van der Waals surface area contributed by atoms with E-state index in [1.54, 1.807) is 4.68 Å².